The Morgan fingerprint density at radius 1 is 1.28 bits per heavy atom. The Labute approximate surface area is 179 Å². The molecule has 1 aromatic carbocycles. The van der Waals surface area contributed by atoms with Crippen LogP contribution in [0.15, 0.2) is 29.5 Å². The fourth-order valence-corrected chi connectivity index (χ4v) is 3.60. The summed E-state index contributed by atoms with van der Waals surface area (Å²) in [6.07, 6.45) is -3.66. The maximum absolute atomic E-state index is 13.5. The lowest BCUT2D eigenvalue weighted by atomic mass is 10.0. The number of rotatable bonds is 5. The van der Waals surface area contributed by atoms with Gasteiger partial charge >= 0.3 is 6.18 Å². The van der Waals surface area contributed by atoms with Gasteiger partial charge in [-0.3, -0.25) is 9.79 Å². The van der Waals surface area contributed by atoms with E-state index in [4.69, 9.17) is 4.74 Å². The van der Waals surface area contributed by atoms with Crippen LogP contribution in [0.2, 0.25) is 0 Å². The number of aliphatic hydroxyl groups is 1. The maximum Gasteiger partial charge on any atom is 0.416 e. The molecule has 3 heterocycles. The zero-order valence-electron chi connectivity index (χ0n) is 16.6. The number of benzene rings is 1. The number of aliphatic imine (C=N–C) groups is 1. The number of carbonyl (C=O) groups excluding carboxylic acids is 1. The number of nitrogens with zero attached hydrogens (tertiary/aromatic N) is 3. The highest BCUT2D eigenvalue weighted by Gasteiger charge is 2.34. The largest absolute Gasteiger partial charge is 0.416 e. The zero-order chi connectivity index (χ0) is 22.9. The Morgan fingerprint density at radius 2 is 2.09 bits per heavy atom. The van der Waals surface area contributed by atoms with Crippen molar-refractivity contribution >= 4 is 17.4 Å². The van der Waals surface area contributed by atoms with E-state index in [-0.39, 0.29) is 24.7 Å². The van der Waals surface area contributed by atoms with E-state index in [1.54, 1.807) is 0 Å². The molecule has 170 valence electrons. The van der Waals surface area contributed by atoms with Crippen LogP contribution in [0.3, 0.4) is 0 Å². The minimum Gasteiger partial charge on any atom is -0.391 e. The standard InChI is InChI=1S/C20H19F4N5O3/c21-11-1-2-12(20(22,23)24)10(5-11)6-26-19(31)17-16-13(7-25-17)27-9-28-18(16)29-14-8-32-4-3-15(14)30/h1-2,5,9,14-15,30H,3-4,6-8H2,(H,26,31)(H,27,28,29)/t14-,15-/m1/s1. The highest BCUT2D eigenvalue weighted by molar-refractivity contribution is 6.47. The topological polar surface area (TPSA) is 109 Å². The summed E-state index contributed by atoms with van der Waals surface area (Å²) in [6, 6.07) is 1.61. The number of hydrogen-bond acceptors (Lipinski definition) is 7. The molecule has 2 aromatic rings. The molecule has 0 bridgehead atoms. The third kappa shape index (κ3) is 4.55. The molecule has 2 atom stereocenters. The summed E-state index contributed by atoms with van der Waals surface area (Å²) in [7, 11) is 0. The van der Waals surface area contributed by atoms with Gasteiger partial charge in [0.1, 0.15) is 23.7 Å². The van der Waals surface area contributed by atoms with Crippen molar-refractivity contribution in [1.82, 2.24) is 15.3 Å². The van der Waals surface area contributed by atoms with Gasteiger partial charge in [-0.05, 0) is 30.2 Å². The second-order valence-corrected chi connectivity index (χ2v) is 7.37. The van der Waals surface area contributed by atoms with E-state index in [1.807, 2.05) is 0 Å². The van der Waals surface area contributed by atoms with Crippen molar-refractivity contribution in [2.24, 2.45) is 4.99 Å². The Kier molecular flexibility index (Phi) is 6.07. The fourth-order valence-electron chi connectivity index (χ4n) is 3.60. The SMILES string of the molecule is O=C(NCc1cc(F)ccc1C(F)(F)F)C1=NCc2ncnc(N[C@@H]3COCC[C@H]3O)c21. The molecule has 0 unspecified atom stereocenters. The number of carbonyl (C=O) groups is 1. The van der Waals surface area contributed by atoms with Crippen LogP contribution in [-0.2, 0) is 28.8 Å². The number of aliphatic hydroxyl groups excluding tert-OH is 1. The number of aromatic nitrogens is 2. The first kappa shape index (κ1) is 22.1. The number of fused-ring (bicyclic) bond motifs is 1. The normalized spacial score (nSPS) is 20.5. The molecule has 1 saturated heterocycles. The predicted molar refractivity (Wildman–Crippen MR) is 104 cm³/mol. The van der Waals surface area contributed by atoms with Crippen LogP contribution in [-0.4, -0.2) is 52.1 Å². The summed E-state index contributed by atoms with van der Waals surface area (Å²) < 4.78 is 58.4. The highest BCUT2D eigenvalue weighted by Crippen LogP contribution is 2.32. The van der Waals surface area contributed by atoms with Gasteiger partial charge in [0.2, 0.25) is 0 Å². The monoisotopic (exact) mass is 453 g/mol. The predicted octanol–water partition coefficient (Wildman–Crippen LogP) is 1.82. The van der Waals surface area contributed by atoms with Gasteiger partial charge in [0, 0.05) is 13.2 Å². The van der Waals surface area contributed by atoms with Crippen LogP contribution in [0.1, 0.15) is 28.8 Å². The third-order valence-corrected chi connectivity index (χ3v) is 5.22. The number of alkyl halides is 3. The number of amides is 1. The molecular weight excluding hydrogens is 434 g/mol. The summed E-state index contributed by atoms with van der Waals surface area (Å²) >= 11 is 0. The lowest BCUT2D eigenvalue weighted by molar-refractivity contribution is -0.138. The molecule has 2 aliphatic rings. The molecule has 1 amide bonds. The Bertz CT molecular complexity index is 1060. The molecule has 1 fully saturated rings. The lowest BCUT2D eigenvalue weighted by Gasteiger charge is -2.29. The molecule has 0 aliphatic carbocycles. The van der Waals surface area contributed by atoms with Crippen molar-refractivity contribution in [2.45, 2.75) is 37.8 Å². The number of nitrogens with one attached hydrogen (secondary N) is 2. The number of ether oxygens (including phenoxy) is 1. The van der Waals surface area contributed by atoms with Crippen molar-refractivity contribution in [3.05, 3.63) is 52.7 Å². The summed E-state index contributed by atoms with van der Waals surface area (Å²) in [5.41, 5.74) is -0.738. The van der Waals surface area contributed by atoms with E-state index in [1.165, 1.54) is 6.33 Å². The fraction of sp³-hybridized carbons (Fsp3) is 0.400. The van der Waals surface area contributed by atoms with Gasteiger partial charge in [-0.2, -0.15) is 13.2 Å². The first-order valence-electron chi connectivity index (χ1n) is 9.79. The summed E-state index contributed by atoms with van der Waals surface area (Å²) in [4.78, 5) is 25.2. The smallest absolute Gasteiger partial charge is 0.391 e. The molecule has 4 rings (SSSR count). The van der Waals surface area contributed by atoms with Crippen LogP contribution < -0.4 is 10.6 Å². The molecule has 32 heavy (non-hydrogen) atoms. The minimum atomic E-state index is -4.70. The average Bonchev–Trinajstić information content (AvgIpc) is 3.18. The van der Waals surface area contributed by atoms with Gasteiger partial charge in [-0.15, -0.1) is 0 Å². The molecular formula is C20H19F4N5O3. The van der Waals surface area contributed by atoms with Crippen molar-refractivity contribution < 1.29 is 32.2 Å². The quantitative estimate of drug-likeness (QED) is 0.596. The Morgan fingerprint density at radius 3 is 2.84 bits per heavy atom. The second kappa shape index (κ2) is 8.79. The first-order chi connectivity index (χ1) is 15.2. The van der Waals surface area contributed by atoms with Crippen molar-refractivity contribution in [3.63, 3.8) is 0 Å². The number of halogens is 4. The van der Waals surface area contributed by atoms with Crippen molar-refractivity contribution in [1.29, 1.82) is 0 Å². The van der Waals surface area contributed by atoms with Crippen LogP contribution >= 0.6 is 0 Å². The van der Waals surface area contributed by atoms with Crippen molar-refractivity contribution in [3.8, 4) is 0 Å². The summed E-state index contributed by atoms with van der Waals surface area (Å²) in [5.74, 6) is -1.34. The molecule has 1 aromatic heterocycles. The molecule has 0 radical (unpaired) electrons. The lowest BCUT2D eigenvalue weighted by Crippen LogP contribution is -2.43. The van der Waals surface area contributed by atoms with E-state index < -0.39 is 47.7 Å². The molecule has 12 heteroatoms. The third-order valence-electron chi connectivity index (χ3n) is 5.22. The second-order valence-electron chi connectivity index (χ2n) is 7.37. The van der Waals surface area contributed by atoms with Gasteiger partial charge in [-0.25, -0.2) is 14.4 Å². The molecule has 0 spiro atoms. The highest BCUT2D eigenvalue weighted by atomic mass is 19.4. The van der Waals surface area contributed by atoms with Gasteiger partial charge in [0.25, 0.3) is 5.91 Å². The van der Waals surface area contributed by atoms with Crippen molar-refractivity contribution in [2.75, 3.05) is 18.5 Å². The van der Waals surface area contributed by atoms with Gasteiger partial charge in [-0.1, -0.05) is 0 Å². The molecule has 2 aliphatic heterocycles. The first-order valence-corrected chi connectivity index (χ1v) is 9.79. The van der Waals surface area contributed by atoms with Crippen LogP contribution in [0.25, 0.3) is 0 Å². The van der Waals surface area contributed by atoms with Crippen LogP contribution in [0.4, 0.5) is 23.4 Å². The summed E-state index contributed by atoms with van der Waals surface area (Å²) in [5, 5.41) is 15.6. The average molecular weight is 453 g/mol. The van der Waals surface area contributed by atoms with E-state index >= 15 is 0 Å². The molecule has 8 nitrogen and oxygen atoms in total. The molecule has 3 N–H and O–H groups in total. The van der Waals surface area contributed by atoms with Gasteiger partial charge in [0.05, 0.1) is 42.1 Å². The minimum absolute atomic E-state index is 0.0562. The summed E-state index contributed by atoms with van der Waals surface area (Å²) in [6.45, 7) is 0.201. The van der Waals surface area contributed by atoms with E-state index in [2.05, 4.69) is 25.6 Å². The zero-order valence-corrected chi connectivity index (χ0v) is 16.6. The van der Waals surface area contributed by atoms with E-state index in [0.29, 0.717) is 36.4 Å². The maximum atomic E-state index is 13.5. The van der Waals surface area contributed by atoms with Crippen LogP contribution in [0.5, 0.6) is 0 Å². The van der Waals surface area contributed by atoms with E-state index in [9.17, 15) is 27.5 Å². The Hall–Kier alpha value is -3.12. The number of hydrogen-bond donors (Lipinski definition) is 3. The van der Waals surface area contributed by atoms with Gasteiger partial charge in [0.15, 0.2) is 0 Å². The van der Waals surface area contributed by atoms with E-state index in [0.717, 1.165) is 6.07 Å². The number of anilines is 1. The Balaban J connectivity index is 1.53. The van der Waals surface area contributed by atoms with Crippen LogP contribution in [0, 0.1) is 5.82 Å². The van der Waals surface area contributed by atoms with Gasteiger partial charge < -0.3 is 20.5 Å². The molecule has 0 saturated carbocycles.